The summed E-state index contributed by atoms with van der Waals surface area (Å²) in [6.07, 6.45) is 1.65. The van der Waals surface area contributed by atoms with Crippen molar-refractivity contribution in [1.82, 2.24) is 0 Å². The van der Waals surface area contributed by atoms with Crippen molar-refractivity contribution in [2.24, 2.45) is 0 Å². The molecule has 1 aromatic carbocycles. The highest BCUT2D eigenvalue weighted by atomic mass is 16.3. The van der Waals surface area contributed by atoms with Crippen molar-refractivity contribution in [1.29, 1.82) is 5.26 Å². The van der Waals surface area contributed by atoms with Crippen LogP contribution in [0, 0.1) is 17.2 Å². The summed E-state index contributed by atoms with van der Waals surface area (Å²) in [5, 5.41) is 17.9. The van der Waals surface area contributed by atoms with E-state index in [0.29, 0.717) is 5.56 Å². The molecule has 0 amide bonds. The van der Waals surface area contributed by atoms with E-state index < -0.39 is 0 Å². The van der Waals surface area contributed by atoms with E-state index in [-0.39, 0.29) is 6.61 Å². The molecule has 1 aromatic rings. The minimum atomic E-state index is -0.00424. The molecule has 0 aliphatic heterocycles. The van der Waals surface area contributed by atoms with Gasteiger partial charge >= 0.3 is 0 Å². The normalized spacial score (nSPS) is 9.86. The van der Waals surface area contributed by atoms with Crippen LogP contribution in [0.5, 0.6) is 0 Å². The maximum atomic E-state index is 9.02. The Labute approximate surface area is 84.1 Å². The number of aliphatic hydroxyl groups excluding tert-OH is 1. The molecule has 0 atom stereocenters. The van der Waals surface area contributed by atoms with Crippen molar-refractivity contribution in [3.8, 4) is 6.07 Å². The summed E-state index contributed by atoms with van der Waals surface area (Å²) in [7, 11) is 0. The molecular weight excluding hydrogens is 174 g/mol. The number of aliphatic hydroxyl groups is 1. The zero-order valence-electron chi connectivity index (χ0n) is 8.12. The maximum Gasteiger partial charge on any atom is 0.0998 e. The fourth-order valence-electron chi connectivity index (χ4n) is 1.34. The average molecular weight is 186 g/mol. The summed E-state index contributed by atoms with van der Waals surface area (Å²) in [6, 6.07) is 7.52. The molecule has 1 radical (unpaired) electrons. The molecule has 1 rings (SSSR count). The Bertz CT molecular complexity index is 376. The number of hydrogen-bond acceptors (Lipinski definition) is 2. The van der Waals surface area contributed by atoms with E-state index >= 15 is 0 Å². The van der Waals surface area contributed by atoms with Crippen molar-refractivity contribution in [3.63, 3.8) is 0 Å². The Kier molecular flexibility index (Phi) is 3.44. The van der Waals surface area contributed by atoms with E-state index in [2.05, 4.69) is 12.6 Å². The van der Waals surface area contributed by atoms with Gasteiger partial charge in [0.25, 0.3) is 0 Å². The van der Waals surface area contributed by atoms with Crippen LogP contribution in [0.3, 0.4) is 0 Å². The van der Waals surface area contributed by atoms with Crippen molar-refractivity contribution in [2.75, 3.05) is 6.61 Å². The number of benzene rings is 1. The lowest BCUT2D eigenvalue weighted by molar-refractivity contribution is 0.315. The molecule has 0 fully saturated rings. The lowest BCUT2D eigenvalue weighted by Gasteiger charge is -2.12. The summed E-state index contributed by atoms with van der Waals surface area (Å²) in [5.41, 5.74) is 2.27. The highest BCUT2D eigenvalue weighted by molar-refractivity contribution is 5.63. The Morgan fingerprint density at radius 2 is 2.36 bits per heavy atom. The minimum absolute atomic E-state index is 0.00424. The number of nitrogens with zero attached hydrogens (tertiary/aromatic N) is 1. The molecule has 1 N–H and O–H groups in total. The average Bonchev–Trinajstić information content (AvgIpc) is 2.26. The zero-order valence-corrected chi connectivity index (χ0v) is 8.12. The van der Waals surface area contributed by atoms with Crippen molar-refractivity contribution in [2.45, 2.75) is 6.92 Å². The molecule has 0 aliphatic carbocycles. The monoisotopic (exact) mass is 186 g/mol. The summed E-state index contributed by atoms with van der Waals surface area (Å²) >= 11 is 0. The Balaban J connectivity index is 3.30. The predicted octanol–water partition coefficient (Wildman–Crippen LogP) is 2.14. The van der Waals surface area contributed by atoms with Crippen molar-refractivity contribution < 1.29 is 5.11 Å². The topological polar surface area (TPSA) is 44.0 Å². The van der Waals surface area contributed by atoms with E-state index in [1.54, 1.807) is 18.2 Å². The van der Waals surface area contributed by atoms with Gasteiger partial charge in [-0.1, -0.05) is 31.7 Å². The lowest BCUT2D eigenvalue weighted by Crippen LogP contribution is -2.03. The number of nitriles is 1. The summed E-state index contributed by atoms with van der Waals surface area (Å²) in [4.78, 5) is 0. The molecule has 71 valence electrons. The van der Waals surface area contributed by atoms with Crippen LogP contribution >= 0.6 is 0 Å². The van der Waals surface area contributed by atoms with Crippen LogP contribution in [0.1, 0.15) is 23.6 Å². The molecule has 14 heavy (non-hydrogen) atoms. The highest BCUT2D eigenvalue weighted by Gasteiger charge is 2.11. The number of rotatable bonds is 3. The molecular formula is C12H12NO. The Morgan fingerprint density at radius 1 is 1.64 bits per heavy atom. The third-order valence-electron chi connectivity index (χ3n) is 2.13. The quantitative estimate of drug-likeness (QED) is 0.785. The van der Waals surface area contributed by atoms with Gasteiger partial charge in [-0.15, -0.1) is 0 Å². The van der Waals surface area contributed by atoms with Gasteiger partial charge in [0.1, 0.15) is 0 Å². The molecule has 2 heteroatoms. The molecule has 0 unspecified atom stereocenters. The van der Waals surface area contributed by atoms with Gasteiger partial charge in [-0.3, -0.25) is 0 Å². The van der Waals surface area contributed by atoms with Crippen LogP contribution in [-0.4, -0.2) is 11.7 Å². The van der Waals surface area contributed by atoms with E-state index in [1.165, 1.54) is 0 Å². The first-order valence-corrected chi connectivity index (χ1v) is 4.33. The summed E-state index contributed by atoms with van der Waals surface area (Å²) < 4.78 is 0. The third-order valence-corrected chi connectivity index (χ3v) is 2.13. The molecule has 0 aliphatic rings. The fourth-order valence-corrected chi connectivity index (χ4v) is 1.34. The maximum absolute atomic E-state index is 9.02. The van der Waals surface area contributed by atoms with Gasteiger partial charge in [0.05, 0.1) is 18.2 Å². The first kappa shape index (κ1) is 10.5. The Hall–Kier alpha value is -1.59. The van der Waals surface area contributed by atoms with Crippen LogP contribution in [-0.2, 0) is 0 Å². The van der Waals surface area contributed by atoms with Gasteiger partial charge in [-0.05, 0) is 17.2 Å². The zero-order chi connectivity index (χ0) is 10.6. The largest absolute Gasteiger partial charge is 0.395 e. The van der Waals surface area contributed by atoms with E-state index in [9.17, 15) is 0 Å². The van der Waals surface area contributed by atoms with Crippen LogP contribution < -0.4 is 0 Å². The Morgan fingerprint density at radius 3 is 2.86 bits per heavy atom. The van der Waals surface area contributed by atoms with Gasteiger partial charge in [-0.2, -0.15) is 5.26 Å². The summed E-state index contributed by atoms with van der Waals surface area (Å²) in [5.74, 6) is 0.844. The van der Waals surface area contributed by atoms with Crippen molar-refractivity contribution >= 4 is 6.08 Å². The van der Waals surface area contributed by atoms with Gasteiger partial charge in [0.2, 0.25) is 0 Å². The summed E-state index contributed by atoms with van der Waals surface area (Å²) in [6.45, 7) is 5.50. The molecule has 0 spiro atoms. The molecule has 0 heterocycles. The smallest absolute Gasteiger partial charge is 0.0998 e. The highest BCUT2D eigenvalue weighted by Crippen LogP contribution is 2.22. The van der Waals surface area contributed by atoms with E-state index in [4.69, 9.17) is 10.4 Å². The van der Waals surface area contributed by atoms with E-state index in [0.717, 1.165) is 17.0 Å². The fraction of sp³-hybridized carbons (Fsp3) is 0.167. The molecule has 2 nitrogen and oxygen atoms in total. The van der Waals surface area contributed by atoms with Gasteiger partial charge in [0, 0.05) is 5.92 Å². The predicted molar refractivity (Wildman–Crippen MR) is 56.4 cm³/mol. The van der Waals surface area contributed by atoms with Gasteiger partial charge in [-0.25, -0.2) is 0 Å². The lowest BCUT2D eigenvalue weighted by atomic mass is 9.93. The minimum Gasteiger partial charge on any atom is -0.395 e. The first-order valence-electron chi connectivity index (χ1n) is 4.33. The standard InChI is InChI=1S/C12H12NO/c1-3-11-10(7-13)5-4-6-12(11)9(2)8-14/h3-6,14H,1,8H2,2H3. The SMILES string of the molecule is C=Cc1c(C#N)cccc1[C](C)CO. The molecule has 0 bridgehead atoms. The second-order valence-electron chi connectivity index (χ2n) is 3.02. The van der Waals surface area contributed by atoms with Crippen LogP contribution in [0.4, 0.5) is 0 Å². The van der Waals surface area contributed by atoms with Gasteiger partial charge in [0.15, 0.2) is 0 Å². The van der Waals surface area contributed by atoms with Crippen LogP contribution in [0.15, 0.2) is 24.8 Å². The molecule has 0 saturated heterocycles. The van der Waals surface area contributed by atoms with Crippen molar-refractivity contribution in [3.05, 3.63) is 47.4 Å². The molecule has 0 aromatic heterocycles. The van der Waals surface area contributed by atoms with E-state index in [1.807, 2.05) is 13.0 Å². The second-order valence-corrected chi connectivity index (χ2v) is 3.02. The number of hydrogen-bond donors (Lipinski definition) is 1. The molecule has 0 saturated carbocycles. The van der Waals surface area contributed by atoms with Crippen LogP contribution in [0.2, 0.25) is 0 Å². The van der Waals surface area contributed by atoms with Gasteiger partial charge < -0.3 is 5.11 Å². The first-order chi connectivity index (χ1) is 6.74. The third kappa shape index (κ3) is 1.84. The second kappa shape index (κ2) is 4.59. The van der Waals surface area contributed by atoms with Crippen LogP contribution in [0.25, 0.3) is 6.08 Å².